The first kappa shape index (κ1) is 15.7. The van der Waals surface area contributed by atoms with Crippen LogP contribution in [0.5, 0.6) is 0 Å². The third-order valence-electron chi connectivity index (χ3n) is 4.41. The standard InChI is InChI=1S/C15H29N3O2/c1-4-5-16-14-11-20-10-13(14)15(19)18-8-6-17(7-9-18)12(2)3/h12-14,16H,4-11H2,1-3H3. The van der Waals surface area contributed by atoms with Crippen molar-refractivity contribution in [1.29, 1.82) is 0 Å². The Balaban J connectivity index is 1.85. The van der Waals surface area contributed by atoms with E-state index in [0.29, 0.717) is 19.3 Å². The van der Waals surface area contributed by atoms with Gasteiger partial charge < -0.3 is 15.0 Å². The Hall–Kier alpha value is -0.650. The Morgan fingerprint density at radius 3 is 2.55 bits per heavy atom. The van der Waals surface area contributed by atoms with E-state index in [-0.39, 0.29) is 17.9 Å². The van der Waals surface area contributed by atoms with E-state index in [9.17, 15) is 4.79 Å². The van der Waals surface area contributed by atoms with E-state index >= 15 is 0 Å². The second kappa shape index (κ2) is 7.38. The number of ether oxygens (including phenoxy) is 1. The van der Waals surface area contributed by atoms with Crippen LogP contribution in [0.15, 0.2) is 0 Å². The number of hydrogen-bond acceptors (Lipinski definition) is 4. The molecule has 20 heavy (non-hydrogen) atoms. The number of rotatable bonds is 5. The summed E-state index contributed by atoms with van der Waals surface area (Å²) in [6.45, 7) is 12.5. The first-order valence-electron chi connectivity index (χ1n) is 7.97. The lowest BCUT2D eigenvalue weighted by Crippen LogP contribution is -2.54. The Morgan fingerprint density at radius 1 is 1.25 bits per heavy atom. The van der Waals surface area contributed by atoms with Gasteiger partial charge >= 0.3 is 0 Å². The van der Waals surface area contributed by atoms with Gasteiger partial charge in [0, 0.05) is 38.3 Å². The van der Waals surface area contributed by atoms with Crippen LogP contribution in [0.1, 0.15) is 27.2 Å². The first-order valence-corrected chi connectivity index (χ1v) is 7.97. The number of piperazine rings is 1. The van der Waals surface area contributed by atoms with Gasteiger partial charge in [0.25, 0.3) is 0 Å². The van der Waals surface area contributed by atoms with Crippen molar-refractivity contribution in [3.63, 3.8) is 0 Å². The average molecular weight is 283 g/mol. The Bertz CT molecular complexity index is 314. The molecule has 116 valence electrons. The van der Waals surface area contributed by atoms with Crippen molar-refractivity contribution in [2.45, 2.75) is 39.3 Å². The predicted molar refractivity (Wildman–Crippen MR) is 79.7 cm³/mol. The molecule has 2 aliphatic heterocycles. The summed E-state index contributed by atoms with van der Waals surface area (Å²) < 4.78 is 5.52. The van der Waals surface area contributed by atoms with E-state index in [2.05, 4.69) is 31.0 Å². The van der Waals surface area contributed by atoms with Crippen molar-refractivity contribution in [1.82, 2.24) is 15.1 Å². The van der Waals surface area contributed by atoms with E-state index in [1.807, 2.05) is 4.90 Å². The molecule has 2 atom stereocenters. The van der Waals surface area contributed by atoms with Crippen LogP contribution >= 0.6 is 0 Å². The number of amides is 1. The molecule has 0 aliphatic carbocycles. The maximum Gasteiger partial charge on any atom is 0.229 e. The highest BCUT2D eigenvalue weighted by atomic mass is 16.5. The van der Waals surface area contributed by atoms with Gasteiger partial charge in [0.05, 0.1) is 19.1 Å². The molecule has 0 aromatic heterocycles. The molecule has 0 bridgehead atoms. The Morgan fingerprint density at radius 2 is 1.95 bits per heavy atom. The van der Waals surface area contributed by atoms with Gasteiger partial charge in [0.2, 0.25) is 5.91 Å². The van der Waals surface area contributed by atoms with Crippen molar-refractivity contribution in [3.05, 3.63) is 0 Å². The molecule has 2 fully saturated rings. The minimum Gasteiger partial charge on any atom is -0.379 e. The summed E-state index contributed by atoms with van der Waals surface area (Å²) in [5.74, 6) is 0.284. The maximum absolute atomic E-state index is 12.6. The van der Waals surface area contributed by atoms with E-state index in [0.717, 1.165) is 39.1 Å². The summed E-state index contributed by atoms with van der Waals surface area (Å²) in [6.07, 6.45) is 1.09. The molecule has 0 aromatic carbocycles. The lowest BCUT2D eigenvalue weighted by Gasteiger charge is -2.38. The predicted octanol–water partition coefficient (Wildman–Crippen LogP) is 0.554. The summed E-state index contributed by atoms with van der Waals surface area (Å²) in [5.41, 5.74) is 0. The van der Waals surface area contributed by atoms with E-state index < -0.39 is 0 Å². The molecule has 2 rings (SSSR count). The fourth-order valence-electron chi connectivity index (χ4n) is 3.02. The van der Waals surface area contributed by atoms with Gasteiger partial charge in [-0.25, -0.2) is 0 Å². The molecule has 1 N–H and O–H groups in total. The molecule has 2 saturated heterocycles. The number of nitrogens with zero attached hydrogens (tertiary/aromatic N) is 2. The summed E-state index contributed by atoms with van der Waals surface area (Å²) >= 11 is 0. The Kier molecular flexibility index (Phi) is 5.81. The van der Waals surface area contributed by atoms with Gasteiger partial charge in [-0.2, -0.15) is 0 Å². The van der Waals surface area contributed by atoms with Crippen LogP contribution in [0.2, 0.25) is 0 Å². The molecule has 5 heteroatoms. The molecular formula is C15H29N3O2. The zero-order chi connectivity index (χ0) is 14.5. The lowest BCUT2D eigenvalue weighted by molar-refractivity contribution is -0.138. The molecule has 2 aliphatic rings. The van der Waals surface area contributed by atoms with Gasteiger partial charge in [-0.3, -0.25) is 9.69 Å². The normalized spacial score (nSPS) is 28.3. The van der Waals surface area contributed by atoms with Crippen LogP contribution in [-0.4, -0.2) is 73.7 Å². The highest BCUT2D eigenvalue weighted by molar-refractivity contribution is 5.80. The lowest BCUT2D eigenvalue weighted by atomic mass is 10.0. The molecule has 0 aromatic rings. The second-order valence-electron chi connectivity index (χ2n) is 6.16. The minimum absolute atomic E-state index is 0.00662. The SMILES string of the molecule is CCCNC1COCC1C(=O)N1CCN(C(C)C)CC1. The van der Waals surface area contributed by atoms with Crippen LogP contribution < -0.4 is 5.32 Å². The third-order valence-corrected chi connectivity index (χ3v) is 4.41. The van der Waals surface area contributed by atoms with Crippen molar-refractivity contribution in [2.24, 2.45) is 5.92 Å². The quantitative estimate of drug-likeness (QED) is 0.800. The van der Waals surface area contributed by atoms with Crippen LogP contribution in [0.3, 0.4) is 0 Å². The third kappa shape index (κ3) is 3.71. The van der Waals surface area contributed by atoms with Crippen molar-refractivity contribution >= 4 is 5.91 Å². The van der Waals surface area contributed by atoms with Gasteiger partial charge in [-0.15, -0.1) is 0 Å². The van der Waals surface area contributed by atoms with Crippen molar-refractivity contribution in [2.75, 3.05) is 45.9 Å². The van der Waals surface area contributed by atoms with Gasteiger partial charge in [-0.1, -0.05) is 6.92 Å². The van der Waals surface area contributed by atoms with Crippen LogP contribution in [0.4, 0.5) is 0 Å². The fourth-order valence-corrected chi connectivity index (χ4v) is 3.02. The minimum atomic E-state index is 0.00662. The van der Waals surface area contributed by atoms with Crippen molar-refractivity contribution < 1.29 is 9.53 Å². The molecule has 0 radical (unpaired) electrons. The molecule has 5 nitrogen and oxygen atoms in total. The molecule has 0 spiro atoms. The fraction of sp³-hybridized carbons (Fsp3) is 0.933. The maximum atomic E-state index is 12.6. The van der Waals surface area contributed by atoms with Crippen LogP contribution in [0.25, 0.3) is 0 Å². The average Bonchev–Trinajstić information content (AvgIpc) is 2.92. The zero-order valence-corrected chi connectivity index (χ0v) is 13.1. The number of carbonyl (C=O) groups excluding carboxylic acids is 1. The molecule has 1 amide bonds. The highest BCUT2D eigenvalue weighted by Crippen LogP contribution is 2.18. The van der Waals surface area contributed by atoms with E-state index in [4.69, 9.17) is 4.74 Å². The van der Waals surface area contributed by atoms with Gasteiger partial charge in [0.1, 0.15) is 0 Å². The topological polar surface area (TPSA) is 44.8 Å². The second-order valence-corrected chi connectivity index (χ2v) is 6.16. The summed E-state index contributed by atoms with van der Waals surface area (Å²) in [6, 6.07) is 0.770. The van der Waals surface area contributed by atoms with Gasteiger partial charge in [0.15, 0.2) is 0 Å². The summed E-state index contributed by atoms with van der Waals surface area (Å²) in [4.78, 5) is 17.1. The smallest absolute Gasteiger partial charge is 0.229 e. The number of nitrogens with one attached hydrogen (secondary N) is 1. The highest BCUT2D eigenvalue weighted by Gasteiger charge is 2.37. The van der Waals surface area contributed by atoms with E-state index in [1.54, 1.807) is 0 Å². The van der Waals surface area contributed by atoms with Gasteiger partial charge in [-0.05, 0) is 26.8 Å². The number of hydrogen-bond donors (Lipinski definition) is 1. The summed E-state index contributed by atoms with van der Waals surface area (Å²) in [7, 11) is 0. The molecule has 2 unspecified atom stereocenters. The number of carbonyl (C=O) groups is 1. The van der Waals surface area contributed by atoms with Crippen molar-refractivity contribution in [3.8, 4) is 0 Å². The molecule has 0 saturated carbocycles. The zero-order valence-electron chi connectivity index (χ0n) is 13.1. The summed E-state index contributed by atoms with van der Waals surface area (Å²) in [5, 5.41) is 3.45. The van der Waals surface area contributed by atoms with E-state index in [1.165, 1.54) is 0 Å². The monoisotopic (exact) mass is 283 g/mol. The van der Waals surface area contributed by atoms with Crippen LogP contribution in [-0.2, 0) is 9.53 Å². The molecular weight excluding hydrogens is 254 g/mol. The Labute approximate surface area is 122 Å². The van der Waals surface area contributed by atoms with Crippen LogP contribution in [0, 0.1) is 5.92 Å². The largest absolute Gasteiger partial charge is 0.379 e. The first-order chi connectivity index (χ1) is 9.63. The molecule has 2 heterocycles.